The topological polar surface area (TPSA) is 70.1 Å². The largest absolute Gasteiger partial charge is 0.493 e. The van der Waals surface area contributed by atoms with Crippen molar-refractivity contribution in [3.8, 4) is 5.75 Å². The normalized spacial score (nSPS) is 20.8. The molecule has 198 valence electrons. The van der Waals surface area contributed by atoms with Gasteiger partial charge in [-0.15, -0.1) is 0 Å². The summed E-state index contributed by atoms with van der Waals surface area (Å²) in [6.45, 7) is 3.11. The minimum atomic E-state index is -1.06. The zero-order valence-electron chi connectivity index (χ0n) is 20.6. The van der Waals surface area contributed by atoms with Crippen LogP contribution in [0.1, 0.15) is 65.9 Å². The molecule has 1 aliphatic carbocycles. The summed E-state index contributed by atoms with van der Waals surface area (Å²) < 4.78 is 34.9. The lowest BCUT2D eigenvalue weighted by Crippen LogP contribution is -2.40. The van der Waals surface area contributed by atoms with Crippen LogP contribution in [-0.2, 0) is 11.3 Å². The zero-order chi connectivity index (χ0) is 26.1. The van der Waals surface area contributed by atoms with Gasteiger partial charge in [-0.2, -0.15) is 0 Å². The van der Waals surface area contributed by atoms with Gasteiger partial charge in [0.2, 0.25) is 0 Å². The van der Waals surface area contributed by atoms with Gasteiger partial charge in [-0.1, -0.05) is 11.6 Å². The zero-order valence-corrected chi connectivity index (χ0v) is 21.4. The summed E-state index contributed by atoms with van der Waals surface area (Å²) >= 11 is 5.97. The van der Waals surface area contributed by atoms with E-state index in [4.69, 9.17) is 16.3 Å². The third kappa shape index (κ3) is 6.07. The van der Waals surface area contributed by atoms with E-state index in [9.17, 15) is 19.1 Å². The molecule has 9 heteroatoms. The van der Waals surface area contributed by atoms with Crippen molar-refractivity contribution in [3.05, 3.63) is 63.7 Å². The first kappa shape index (κ1) is 25.9. The Morgan fingerprint density at radius 1 is 1.00 bits per heavy atom. The van der Waals surface area contributed by atoms with E-state index in [1.54, 1.807) is 12.1 Å². The highest BCUT2D eigenvalue weighted by atomic mass is 35.5. The average Bonchev–Trinajstić information content (AvgIpc) is 3.57. The third-order valence-electron chi connectivity index (χ3n) is 7.66. The van der Waals surface area contributed by atoms with E-state index in [2.05, 4.69) is 4.90 Å². The quantitative estimate of drug-likeness (QED) is 0.488. The highest BCUT2D eigenvalue weighted by molar-refractivity contribution is 6.30. The van der Waals surface area contributed by atoms with E-state index in [0.29, 0.717) is 49.2 Å². The number of amides is 1. The molecule has 2 aliphatic heterocycles. The maximum atomic E-state index is 15.1. The van der Waals surface area contributed by atoms with Crippen LogP contribution in [0.25, 0.3) is 0 Å². The summed E-state index contributed by atoms with van der Waals surface area (Å²) in [5.41, 5.74) is 1.60. The molecule has 3 aliphatic rings. The number of carbonyl (C=O) groups is 2. The molecule has 1 atom stereocenters. The fourth-order valence-electron chi connectivity index (χ4n) is 5.47. The molecule has 2 heterocycles. The van der Waals surface area contributed by atoms with Crippen molar-refractivity contribution >= 4 is 23.5 Å². The van der Waals surface area contributed by atoms with E-state index in [0.717, 1.165) is 49.9 Å². The summed E-state index contributed by atoms with van der Waals surface area (Å²) in [5, 5.41) is 9.82. The van der Waals surface area contributed by atoms with Crippen molar-refractivity contribution in [3.63, 3.8) is 0 Å². The van der Waals surface area contributed by atoms with Gasteiger partial charge in [0.15, 0.2) is 0 Å². The average molecular weight is 533 g/mol. The second-order valence-corrected chi connectivity index (χ2v) is 10.9. The summed E-state index contributed by atoms with van der Waals surface area (Å²) in [5.74, 6) is -1.62. The Morgan fingerprint density at radius 2 is 1.76 bits per heavy atom. The Labute approximate surface area is 220 Å². The summed E-state index contributed by atoms with van der Waals surface area (Å²) in [6.07, 6.45) is 4.71. The smallest absolute Gasteiger partial charge is 0.326 e. The highest BCUT2D eigenvalue weighted by Gasteiger charge is 2.37. The molecule has 1 unspecified atom stereocenters. The molecule has 2 aromatic carbocycles. The number of piperidine rings is 1. The molecule has 1 N–H and O–H groups in total. The van der Waals surface area contributed by atoms with E-state index < -0.39 is 23.7 Å². The molecule has 0 bridgehead atoms. The fourth-order valence-corrected chi connectivity index (χ4v) is 5.72. The predicted molar refractivity (Wildman–Crippen MR) is 135 cm³/mol. The van der Waals surface area contributed by atoms with Crippen LogP contribution in [-0.4, -0.2) is 59.1 Å². The number of carboxylic acid groups (broad SMARTS) is 1. The van der Waals surface area contributed by atoms with Crippen molar-refractivity contribution < 1.29 is 28.2 Å². The van der Waals surface area contributed by atoms with Crippen LogP contribution in [0.5, 0.6) is 5.75 Å². The standard InChI is InChI=1S/C28H31ClF2N2O4/c29-20-10-18(11-21(30)12-20)15-32-8-5-17(6-9-32)16-37-26-14-24(31)23(13-22(26)19-3-4-19)27(34)33-7-1-2-25(33)28(35)36/h10-14,17,19,25H,1-9,15-16H2,(H,35,36). The molecule has 1 amide bonds. The summed E-state index contributed by atoms with van der Waals surface area (Å²) in [4.78, 5) is 28.1. The third-order valence-corrected chi connectivity index (χ3v) is 7.87. The number of nitrogens with zero attached hydrogens (tertiary/aromatic N) is 2. The van der Waals surface area contributed by atoms with Gasteiger partial charge < -0.3 is 14.7 Å². The molecule has 1 saturated carbocycles. The second-order valence-electron chi connectivity index (χ2n) is 10.4. The number of carboxylic acids is 1. The molecule has 5 rings (SSSR count). The van der Waals surface area contributed by atoms with Crippen LogP contribution >= 0.6 is 11.6 Å². The van der Waals surface area contributed by atoms with E-state index in [1.165, 1.54) is 23.1 Å². The van der Waals surface area contributed by atoms with Gasteiger partial charge in [-0.25, -0.2) is 13.6 Å². The minimum absolute atomic E-state index is 0.0758. The first-order valence-corrected chi connectivity index (χ1v) is 13.3. The number of hydrogen-bond acceptors (Lipinski definition) is 4. The Hall–Kier alpha value is -2.71. The maximum Gasteiger partial charge on any atom is 0.326 e. The van der Waals surface area contributed by atoms with E-state index in [1.807, 2.05) is 0 Å². The lowest BCUT2D eigenvalue weighted by atomic mass is 9.97. The highest BCUT2D eigenvalue weighted by Crippen LogP contribution is 2.45. The van der Waals surface area contributed by atoms with Gasteiger partial charge in [0.05, 0.1) is 12.2 Å². The number of hydrogen-bond donors (Lipinski definition) is 1. The number of likely N-dealkylation sites (tertiary alicyclic amines) is 2. The van der Waals surface area contributed by atoms with Crippen LogP contribution in [0.15, 0.2) is 30.3 Å². The van der Waals surface area contributed by atoms with Crippen molar-refractivity contribution in [2.45, 2.75) is 57.0 Å². The minimum Gasteiger partial charge on any atom is -0.493 e. The van der Waals surface area contributed by atoms with E-state index in [-0.39, 0.29) is 17.3 Å². The number of halogens is 3. The number of benzene rings is 2. The van der Waals surface area contributed by atoms with Crippen molar-refractivity contribution in [2.75, 3.05) is 26.2 Å². The molecule has 3 fully saturated rings. The second kappa shape index (κ2) is 11.0. The SMILES string of the molecule is O=C(O)C1CCCN1C(=O)c1cc(C2CC2)c(OCC2CCN(Cc3cc(F)cc(Cl)c3)CC2)cc1F. The van der Waals surface area contributed by atoms with Gasteiger partial charge in [-0.05, 0) is 98.8 Å². The monoisotopic (exact) mass is 532 g/mol. The van der Waals surface area contributed by atoms with Crippen molar-refractivity contribution in [2.24, 2.45) is 5.92 Å². The molecular formula is C28H31ClF2N2O4. The number of carbonyl (C=O) groups excluding carboxylic acids is 1. The Bertz CT molecular complexity index is 1160. The molecule has 0 aromatic heterocycles. The number of rotatable bonds is 8. The molecule has 37 heavy (non-hydrogen) atoms. The maximum absolute atomic E-state index is 15.1. The first-order chi connectivity index (χ1) is 17.8. The Balaban J connectivity index is 1.20. The van der Waals surface area contributed by atoms with Gasteiger partial charge in [-0.3, -0.25) is 9.69 Å². The molecule has 0 spiro atoms. The summed E-state index contributed by atoms with van der Waals surface area (Å²) in [6, 6.07) is 6.57. The van der Waals surface area contributed by atoms with Gasteiger partial charge >= 0.3 is 5.97 Å². The Morgan fingerprint density at radius 3 is 2.43 bits per heavy atom. The van der Waals surface area contributed by atoms with Gasteiger partial charge in [0.1, 0.15) is 23.4 Å². The van der Waals surface area contributed by atoms with Crippen molar-refractivity contribution in [1.82, 2.24) is 9.80 Å². The predicted octanol–water partition coefficient (Wildman–Crippen LogP) is 5.48. The van der Waals surface area contributed by atoms with Crippen LogP contribution in [0.2, 0.25) is 5.02 Å². The molecular weight excluding hydrogens is 502 g/mol. The fraction of sp³-hybridized carbons (Fsp3) is 0.500. The lowest BCUT2D eigenvalue weighted by Gasteiger charge is -2.32. The molecule has 2 aromatic rings. The van der Waals surface area contributed by atoms with E-state index >= 15 is 4.39 Å². The molecule has 2 saturated heterocycles. The molecule has 0 radical (unpaired) electrons. The van der Waals surface area contributed by atoms with Crippen LogP contribution in [0.4, 0.5) is 8.78 Å². The van der Waals surface area contributed by atoms with Crippen molar-refractivity contribution in [1.29, 1.82) is 0 Å². The van der Waals surface area contributed by atoms with Gasteiger partial charge in [0.25, 0.3) is 5.91 Å². The number of aliphatic carboxylic acids is 1. The lowest BCUT2D eigenvalue weighted by molar-refractivity contribution is -0.141. The van der Waals surface area contributed by atoms with Crippen LogP contribution in [0.3, 0.4) is 0 Å². The summed E-state index contributed by atoms with van der Waals surface area (Å²) in [7, 11) is 0. The van der Waals surface area contributed by atoms with Gasteiger partial charge in [0, 0.05) is 24.2 Å². The molecule has 6 nitrogen and oxygen atoms in total. The van der Waals surface area contributed by atoms with Crippen LogP contribution < -0.4 is 4.74 Å². The van der Waals surface area contributed by atoms with Crippen LogP contribution in [0, 0.1) is 17.6 Å². The first-order valence-electron chi connectivity index (χ1n) is 13.0. The number of ether oxygens (including phenoxy) is 1. The Kier molecular flexibility index (Phi) is 7.67.